The molecule has 0 bridgehead atoms. The lowest BCUT2D eigenvalue weighted by Crippen LogP contribution is -2.08. The zero-order valence-electron chi connectivity index (χ0n) is 11.8. The summed E-state index contributed by atoms with van der Waals surface area (Å²) in [4.78, 5) is 11.1. The van der Waals surface area contributed by atoms with Crippen molar-refractivity contribution in [2.45, 2.75) is 20.4 Å². The van der Waals surface area contributed by atoms with Gasteiger partial charge < -0.3 is 10.6 Å². The van der Waals surface area contributed by atoms with Crippen molar-refractivity contribution in [3.8, 4) is 0 Å². The van der Waals surface area contributed by atoms with E-state index in [1.165, 1.54) is 13.0 Å². The Kier molecular flexibility index (Phi) is 4.81. The second kappa shape index (κ2) is 6.59. The summed E-state index contributed by atoms with van der Waals surface area (Å²) in [6, 6.07) is 10.5. The van der Waals surface area contributed by atoms with Gasteiger partial charge in [0.1, 0.15) is 5.82 Å². The summed E-state index contributed by atoms with van der Waals surface area (Å²) < 4.78 is 13.8. The van der Waals surface area contributed by atoms with Crippen molar-refractivity contribution in [1.29, 1.82) is 0 Å². The fraction of sp³-hybridized carbons (Fsp3) is 0.188. The third-order valence-corrected chi connectivity index (χ3v) is 3.35. The maximum atomic E-state index is 13.8. The normalized spacial score (nSPS) is 10.3. The Balaban J connectivity index is 2.13. The molecule has 0 spiro atoms. The molecule has 0 radical (unpaired) electrons. The van der Waals surface area contributed by atoms with E-state index in [-0.39, 0.29) is 10.9 Å². The monoisotopic (exact) mass is 306 g/mol. The fourth-order valence-corrected chi connectivity index (χ4v) is 2.13. The molecule has 1 amide bonds. The number of nitrogens with one attached hydrogen (secondary N) is 2. The SMILES string of the molecule is CC(=O)Nc1cc(NCc2cccc(Cl)c2F)ccc1C. The average Bonchev–Trinajstić information content (AvgIpc) is 2.43. The highest BCUT2D eigenvalue weighted by atomic mass is 35.5. The number of halogens is 2. The van der Waals surface area contributed by atoms with Gasteiger partial charge in [-0.3, -0.25) is 4.79 Å². The van der Waals surface area contributed by atoms with Gasteiger partial charge in [0.15, 0.2) is 0 Å². The van der Waals surface area contributed by atoms with Gasteiger partial charge in [-0.15, -0.1) is 0 Å². The van der Waals surface area contributed by atoms with Crippen LogP contribution in [0.5, 0.6) is 0 Å². The first-order chi connectivity index (χ1) is 9.97. The molecule has 110 valence electrons. The smallest absolute Gasteiger partial charge is 0.221 e. The molecule has 0 heterocycles. The van der Waals surface area contributed by atoms with Gasteiger partial charge in [-0.1, -0.05) is 29.8 Å². The second-order valence-corrected chi connectivity index (χ2v) is 5.18. The Morgan fingerprint density at radius 2 is 2.05 bits per heavy atom. The number of benzene rings is 2. The first-order valence-electron chi connectivity index (χ1n) is 6.52. The topological polar surface area (TPSA) is 41.1 Å². The van der Waals surface area contributed by atoms with Crippen LogP contribution in [0.15, 0.2) is 36.4 Å². The Labute approximate surface area is 128 Å². The molecule has 0 atom stereocenters. The third-order valence-electron chi connectivity index (χ3n) is 3.06. The molecular formula is C16H16ClFN2O. The van der Waals surface area contributed by atoms with Crippen molar-refractivity contribution in [3.05, 3.63) is 58.4 Å². The molecule has 0 saturated heterocycles. The summed E-state index contributed by atoms with van der Waals surface area (Å²) >= 11 is 5.75. The molecule has 2 N–H and O–H groups in total. The zero-order valence-corrected chi connectivity index (χ0v) is 12.6. The number of aryl methyl sites for hydroxylation is 1. The van der Waals surface area contributed by atoms with Gasteiger partial charge >= 0.3 is 0 Å². The molecule has 0 aromatic heterocycles. The molecule has 0 aliphatic heterocycles. The largest absolute Gasteiger partial charge is 0.381 e. The van der Waals surface area contributed by atoms with Crippen LogP contribution >= 0.6 is 11.6 Å². The van der Waals surface area contributed by atoms with Crippen LogP contribution in [0, 0.1) is 12.7 Å². The van der Waals surface area contributed by atoms with Gasteiger partial charge in [-0.25, -0.2) is 4.39 Å². The van der Waals surface area contributed by atoms with Crippen LogP contribution < -0.4 is 10.6 Å². The van der Waals surface area contributed by atoms with Crippen molar-refractivity contribution in [3.63, 3.8) is 0 Å². The molecule has 2 rings (SSSR count). The van der Waals surface area contributed by atoms with Crippen LogP contribution in [-0.2, 0) is 11.3 Å². The van der Waals surface area contributed by atoms with Crippen molar-refractivity contribution in [2.75, 3.05) is 10.6 Å². The number of carbonyl (C=O) groups is 1. The van der Waals surface area contributed by atoms with E-state index in [0.29, 0.717) is 12.1 Å². The molecule has 0 aliphatic carbocycles. The Bertz CT molecular complexity index is 673. The van der Waals surface area contributed by atoms with E-state index in [9.17, 15) is 9.18 Å². The van der Waals surface area contributed by atoms with Crippen molar-refractivity contribution in [1.82, 2.24) is 0 Å². The van der Waals surface area contributed by atoms with Gasteiger partial charge in [0.05, 0.1) is 5.02 Å². The number of rotatable bonds is 4. The Hall–Kier alpha value is -2.07. The van der Waals surface area contributed by atoms with Gasteiger partial charge in [0.2, 0.25) is 5.91 Å². The maximum Gasteiger partial charge on any atom is 0.221 e. The van der Waals surface area contributed by atoms with Crippen molar-refractivity contribution in [2.24, 2.45) is 0 Å². The summed E-state index contributed by atoms with van der Waals surface area (Å²) in [5, 5.41) is 5.99. The number of carbonyl (C=O) groups excluding carboxylic acids is 1. The average molecular weight is 307 g/mol. The van der Waals surface area contributed by atoms with Gasteiger partial charge in [0, 0.05) is 30.4 Å². The van der Waals surface area contributed by atoms with E-state index in [2.05, 4.69) is 10.6 Å². The summed E-state index contributed by atoms with van der Waals surface area (Å²) in [5.41, 5.74) is 2.98. The van der Waals surface area contributed by atoms with Crippen LogP contribution in [0.4, 0.5) is 15.8 Å². The Morgan fingerprint density at radius 3 is 2.76 bits per heavy atom. The molecule has 2 aromatic carbocycles. The minimum absolute atomic E-state index is 0.108. The highest BCUT2D eigenvalue weighted by Crippen LogP contribution is 2.22. The van der Waals surface area contributed by atoms with E-state index >= 15 is 0 Å². The lowest BCUT2D eigenvalue weighted by molar-refractivity contribution is -0.114. The third kappa shape index (κ3) is 3.95. The lowest BCUT2D eigenvalue weighted by atomic mass is 10.1. The predicted octanol–water partition coefficient (Wildman–Crippen LogP) is 4.36. The molecule has 0 fully saturated rings. The van der Waals surface area contributed by atoms with Crippen LogP contribution in [0.2, 0.25) is 5.02 Å². The summed E-state index contributed by atoms with van der Waals surface area (Å²) in [5.74, 6) is -0.544. The standard InChI is InChI=1S/C16H16ClFN2O/c1-10-6-7-13(8-15(10)20-11(2)21)19-9-12-4-3-5-14(17)16(12)18/h3-8,19H,9H2,1-2H3,(H,20,21). The Morgan fingerprint density at radius 1 is 1.29 bits per heavy atom. The van der Waals surface area contributed by atoms with Crippen LogP contribution in [0.1, 0.15) is 18.1 Å². The van der Waals surface area contributed by atoms with Gasteiger partial charge in [-0.05, 0) is 30.7 Å². The van der Waals surface area contributed by atoms with E-state index in [0.717, 1.165) is 16.9 Å². The molecule has 5 heteroatoms. The maximum absolute atomic E-state index is 13.8. The highest BCUT2D eigenvalue weighted by Gasteiger charge is 2.07. The van der Waals surface area contributed by atoms with Crippen molar-refractivity contribution < 1.29 is 9.18 Å². The van der Waals surface area contributed by atoms with Crippen molar-refractivity contribution >= 4 is 28.9 Å². The van der Waals surface area contributed by atoms with Crippen LogP contribution in [0.25, 0.3) is 0 Å². The predicted molar refractivity (Wildman–Crippen MR) is 84.2 cm³/mol. The molecule has 0 unspecified atom stereocenters. The molecule has 3 nitrogen and oxygen atoms in total. The van der Waals surface area contributed by atoms with E-state index < -0.39 is 5.82 Å². The molecule has 2 aromatic rings. The fourth-order valence-electron chi connectivity index (χ4n) is 1.94. The van der Waals surface area contributed by atoms with E-state index in [1.54, 1.807) is 12.1 Å². The number of amides is 1. The summed E-state index contributed by atoms with van der Waals surface area (Å²) in [6.45, 7) is 3.68. The van der Waals surface area contributed by atoms with Gasteiger partial charge in [0.25, 0.3) is 0 Å². The number of anilines is 2. The second-order valence-electron chi connectivity index (χ2n) is 4.78. The zero-order chi connectivity index (χ0) is 15.4. The quantitative estimate of drug-likeness (QED) is 0.881. The molecule has 0 saturated carbocycles. The first-order valence-corrected chi connectivity index (χ1v) is 6.90. The molecule has 21 heavy (non-hydrogen) atoms. The summed E-state index contributed by atoms with van der Waals surface area (Å²) in [7, 11) is 0. The molecule has 0 aliphatic rings. The first kappa shape index (κ1) is 15.3. The number of hydrogen-bond donors (Lipinski definition) is 2. The van der Waals surface area contributed by atoms with E-state index in [4.69, 9.17) is 11.6 Å². The summed E-state index contributed by atoms with van der Waals surface area (Å²) in [6.07, 6.45) is 0. The minimum Gasteiger partial charge on any atom is -0.381 e. The van der Waals surface area contributed by atoms with Crippen LogP contribution in [-0.4, -0.2) is 5.91 Å². The lowest BCUT2D eigenvalue weighted by Gasteiger charge is -2.12. The van der Waals surface area contributed by atoms with Crippen LogP contribution in [0.3, 0.4) is 0 Å². The van der Waals surface area contributed by atoms with E-state index in [1.807, 2.05) is 25.1 Å². The minimum atomic E-state index is -0.416. The van der Waals surface area contributed by atoms with Gasteiger partial charge in [-0.2, -0.15) is 0 Å². The highest BCUT2D eigenvalue weighted by molar-refractivity contribution is 6.30. The number of hydrogen-bond acceptors (Lipinski definition) is 2. The molecular weight excluding hydrogens is 291 g/mol.